The molecule has 0 bridgehead atoms. The van der Waals surface area contributed by atoms with Crippen LogP contribution < -0.4 is 0 Å². The minimum Gasteiger partial charge on any atom is -0.348 e. The van der Waals surface area contributed by atoms with Crippen LogP contribution in [-0.4, -0.2) is 13.2 Å². The van der Waals surface area contributed by atoms with Crippen LogP contribution in [0.1, 0.15) is 56.4 Å². The van der Waals surface area contributed by atoms with Gasteiger partial charge in [-0.2, -0.15) is 0 Å². The average Bonchev–Trinajstić information content (AvgIpc) is 2.54. The van der Waals surface area contributed by atoms with Gasteiger partial charge in [0, 0.05) is 11.5 Å². The Morgan fingerprint density at radius 1 is 1.14 bits per heavy atom. The van der Waals surface area contributed by atoms with Gasteiger partial charge in [0.2, 0.25) is 0 Å². The lowest BCUT2D eigenvalue weighted by Gasteiger charge is -2.29. The molecule has 1 aliphatic rings. The van der Waals surface area contributed by atoms with Gasteiger partial charge < -0.3 is 9.47 Å². The summed E-state index contributed by atoms with van der Waals surface area (Å²) in [6, 6.07) is 8.66. The van der Waals surface area contributed by atoms with Crippen LogP contribution in [0, 0.1) is 5.92 Å². The van der Waals surface area contributed by atoms with Crippen LogP contribution in [0.3, 0.4) is 0 Å². The molecule has 0 amide bonds. The fraction of sp³-hybridized carbons (Fsp3) is 0.579. The normalized spacial score (nSPS) is 22.1. The van der Waals surface area contributed by atoms with E-state index in [0.717, 1.165) is 31.6 Å². The Labute approximate surface area is 129 Å². The molecule has 0 unspecified atom stereocenters. The lowest BCUT2D eigenvalue weighted by atomic mass is 10.0. The summed E-state index contributed by atoms with van der Waals surface area (Å²) < 4.78 is 11.8. The van der Waals surface area contributed by atoms with E-state index >= 15 is 0 Å². The molecule has 1 aromatic rings. The number of ether oxygens (including phenoxy) is 2. The van der Waals surface area contributed by atoms with E-state index in [2.05, 4.69) is 37.8 Å². The highest BCUT2D eigenvalue weighted by molar-refractivity contribution is 5.23. The molecule has 2 nitrogen and oxygen atoms in total. The first-order valence-corrected chi connectivity index (χ1v) is 8.26. The Morgan fingerprint density at radius 3 is 2.48 bits per heavy atom. The minimum atomic E-state index is -0.176. The highest BCUT2D eigenvalue weighted by Crippen LogP contribution is 2.27. The summed E-state index contributed by atoms with van der Waals surface area (Å²) in [4.78, 5) is 0. The van der Waals surface area contributed by atoms with Gasteiger partial charge in [0.25, 0.3) is 0 Å². The molecule has 1 saturated heterocycles. The third-order valence-electron chi connectivity index (χ3n) is 4.06. The monoisotopic (exact) mass is 288 g/mol. The molecule has 2 rings (SSSR count). The fourth-order valence-corrected chi connectivity index (χ4v) is 2.69. The SMILES string of the molecule is C=CCCCc1ccc(C2OCC(CCCC)CO2)cc1. The van der Waals surface area contributed by atoms with Crippen molar-refractivity contribution in [3.05, 3.63) is 48.0 Å². The Bertz CT molecular complexity index is 402. The topological polar surface area (TPSA) is 18.5 Å². The van der Waals surface area contributed by atoms with E-state index in [1.165, 1.54) is 31.2 Å². The van der Waals surface area contributed by atoms with Crippen LogP contribution in [0.4, 0.5) is 0 Å². The fourth-order valence-electron chi connectivity index (χ4n) is 2.69. The van der Waals surface area contributed by atoms with E-state index in [4.69, 9.17) is 9.47 Å². The van der Waals surface area contributed by atoms with E-state index in [9.17, 15) is 0 Å². The predicted octanol–water partition coefficient (Wildman–Crippen LogP) is 5.05. The summed E-state index contributed by atoms with van der Waals surface area (Å²) in [5.74, 6) is 0.569. The van der Waals surface area contributed by atoms with E-state index in [1.807, 2.05) is 6.08 Å². The molecule has 1 aliphatic heterocycles. The number of hydrogen-bond donors (Lipinski definition) is 0. The van der Waals surface area contributed by atoms with Crippen LogP contribution in [0.15, 0.2) is 36.9 Å². The molecule has 116 valence electrons. The molecule has 0 spiro atoms. The van der Waals surface area contributed by atoms with Gasteiger partial charge in [-0.25, -0.2) is 0 Å². The highest BCUT2D eigenvalue weighted by Gasteiger charge is 2.22. The van der Waals surface area contributed by atoms with Gasteiger partial charge in [0.05, 0.1) is 13.2 Å². The molecule has 0 saturated carbocycles. The van der Waals surface area contributed by atoms with Crippen molar-refractivity contribution >= 4 is 0 Å². The number of benzene rings is 1. The summed E-state index contributed by atoms with van der Waals surface area (Å²) in [5, 5.41) is 0. The number of aryl methyl sites for hydroxylation is 1. The Hall–Kier alpha value is -1.12. The van der Waals surface area contributed by atoms with Crippen molar-refractivity contribution in [2.45, 2.75) is 51.7 Å². The maximum Gasteiger partial charge on any atom is 0.183 e. The minimum absolute atomic E-state index is 0.176. The molecule has 1 heterocycles. The highest BCUT2D eigenvalue weighted by atomic mass is 16.7. The average molecular weight is 288 g/mol. The van der Waals surface area contributed by atoms with Gasteiger partial charge in [0.1, 0.15) is 0 Å². The number of hydrogen-bond acceptors (Lipinski definition) is 2. The summed E-state index contributed by atoms with van der Waals surface area (Å²) in [6.45, 7) is 7.64. The van der Waals surface area contributed by atoms with Crippen molar-refractivity contribution < 1.29 is 9.47 Å². The predicted molar refractivity (Wildman–Crippen MR) is 87.2 cm³/mol. The molecule has 2 heteroatoms. The molecule has 0 N–H and O–H groups in total. The summed E-state index contributed by atoms with van der Waals surface area (Å²) in [5.41, 5.74) is 2.51. The molecule has 0 aliphatic carbocycles. The quantitative estimate of drug-likeness (QED) is 0.492. The number of rotatable bonds is 8. The number of unbranched alkanes of at least 4 members (excludes halogenated alkanes) is 2. The Kier molecular flexibility index (Phi) is 6.98. The zero-order valence-electron chi connectivity index (χ0n) is 13.2. The lowest BCUT2D eigenvalue weighted by molar-refractivity contribution is -0.206. The van der Waals surface area contributed by atoms with Crippen LogP contribution in [0.5, 0.6) is 0 Å². The lowest BCUT2D eigenvalue weighted by Crippen LogP contribution is -2.27. The zero-order valence-corrected chi connectivity index (χ0v) is 13.2. The number of allylic oxidation sites excluding steroid dienone is 1. The van der Waals surface area contributed by atoms with Gasteiger partial charge in [-0.05, 0) is 31.2 Å². The molecule has 0 radical (unpaired) electrons. The smallest absolute Gasteiger partial charge is 0.183 e. The third-order valence-corrected chi connectivity index (χ3v) is 4.06. The zero-order chi connectivity index (χ0) is 14.9. The molecule has 21 heavy (non-hydrogen) atoms. The second-order valence-electron chi connectivity index (χ2n) is 5.93. The van der Waals surface area contributed by atoms with E-state index < -0.39 is 0 Å². The van der Waals surface area contributed by atoms with E-state index in [0.29, 0.717) is 5.92 Å². The van der Waals surface area contributed by atoms with Crippen LogP contribution in [0.2, 0.25) is 0 Å². The summed E-state index contributed by atoms with van der Waals surface area (Å²) in [7, 11) is 0. The van der Waals surface area contributed by atoms with Crippen LogP contribution in [0.25, 0.3) is 0 Å². The van der Waals surface area contributed by atoms with E-state index in [1.54, 1.807) is 0 Å². The van der Waals surface area contributed by atoms with Gasteiger partial charge in [0.15, 0.2) is 6.29 Å². The van der Waals surface area contributed by atoms with Crippen molar-refractivity contribution in [1.29, 1.82) is 0 Å². The summed E-state index contributed by atoms with van der Waals surface area (Å²) >= 11 is 0. The molecule has 0 aromatic heterocycles. The van der Waals surface area contributed by atoms with Crippen molar-refractivity contribution in [3.8, 4) is 0 Å². The van der Waals surface area contributed by atoms with Gasteiger partial charge in [-0.3, -0.25) is 0 Å². The first-order chi connectivity index (χ1) is 10.3. The van der Waals surface area contributed by atoms with Crippen LogP contribution in [-0.2, 0) is 15.9 Å². The van der Waals surface area contributed by atoms with Crippen molar-refractivity contribution in [2.75, 3.05) is 13.2 Å². The molecule has 0 atom stereocenters. The molecule has 1 aromatic carbocycles. The first kappa shape index (κ1) is 16.3. The molecule has 1 fully saturated rings. The van der Waals surface area contributed by atoms with Gasteiger partial charge >= 0.3 is 0 Å². The Balaban J connectivity index is 1.79. The second-order valence-corrected chi connectivity index (χ2v) is 5.93. The van der Waals surface area contributed by atoms with Gasteiger partial charge in [-0.1, -0.05) is 50.1 Å². The summed E-state index contributed by atoms with van der Waals surface area (Å²) in [6.07, 6.45) is 8.88. The molecular weight excluding hydrogens is 260 g/mol. The largest absolute Gasteiger partial charge is 0.348 e. The third kappa shape index (κ3) is 5.29. The van der Waals surface area contributed by atoms with Gasteiger partial charge in [-0.15, -0.1) is 6.58 Å². The van der Waals surface area contributed by atoms with Crippen LogP contribution >= 0.6 is 0 Å². The van der Waals surface area contributed by atoms with E-state index in [-0.39, 0.29) is 6.29 Å². The maximum atomic E-state index is 5.88. The van der Waals surface area contributed by atoms with Crippen molar-refractivity contribution in [1.82, 2.24) is 0 Å². The Morgan fingerprint density at radius 2 is 1.86 bits per heavy atom. The maximum absolute atomic E-state index is 5.88. The van der Waals surface area contributed by atoms with Crippen molar-refractivity contribution in [3.63, 3.8) is 0 Å². The standard InChI is InChI=1S/C19H28O2/c1-3-5-7-9-16-10-12-18(13-11-16)19-20-14-17(15-21-19)8-6-4-2/h3,10-13,17,19H,1,4-9,14-15H2,2H3. The molecular formula is C19H28O2. The van der Waals surface area contributed by atoms with Crippen molar-refractivity contribution in [2.24, 2.45) is 5.92 Å². The second kappa shape index (κ2) is 9.01. The first-order valence-electron chi connectivity index (χ1n) is 8.26.